The van der Waals surface area contributed by atoms with Crippen LogP contribution in [0.5, 0.6) is 0 Å². The molecule has 3 aromatic rings. The number of nitrogens with zero attached hydrogens (tertiary/aromatic N) is 2. The van der Waals surface area contributed by atoms with Crippen molar-refractivity contribution in [3.8, 4) is 0 Å². The van der Waals surface area contributed by atoms with Crippen molar-refractivity contribution in [2.75, 3.05) is 6.54 Å². The Morgan fingerprint density at radius 2 is 1.84 bits per heavy atom. The average Bonchev–Trinajstić information content (AvgIpc) is 3.36. The van der Waals surface area contributed by atoms with E-state index in [9.17, 15) is 9.90 Å². The summed E-state index contributed by atoms with van der Waals surface area (Å²) < 4.78 is 2.15. The van der Waals surface area contributed by atoms with Gasteiger partial charge >= 0.3 is 0 Å². The molecular formula is C26H29N3O2. The first-order valence-corrected chi connectivity index (χ1v) is 10.8. The monoisotopic (exact) mass is 415 g/mol. The van der Waals surface area contributed by atoms with Crippen LogP contribution in [0.1, 0.15) is 66.5 Å². The molecule has 1 amide bonds. The highest BCUT2D eigenvalue weighted by Gasteiger charge is 2.31. The predicted octanol–water partition coefficient (Wildman–Crippen LogP) is 4.88. The minimum absolute atomic E-state index is 0.00363. The minimum atomic E-state index is -0.655. The molecule has 160 valence electrons. The van der Waals surface area contributed by atoms with E-state index in [4.69, 9.17) is 0 Å². The summed E-state index contributed by atoms with van der Waals surface area (Å²) in [6, 6.07) is 17.6. The van der Waals surface area contributed by atoms with Gasteiger partial charge in [0.25, 0.3) is 5.91 Å². The Morgan fingerprint density at radius 1 is 1.13 bits per heavy atom. The maximum Gasteiger partial charge on any atom is 0.251 e. The third-order valence-corrected chi connectivity index (χ3v) is 5.88. The molecule has 2 N–H and O–H groups in total. The maximum absolute atomic E-state index is 12.3. The summed E-state index contributed by atoms with van der Waals surface area (Å²) >= 11 is 0. The Hall–Kier alpha value is -3.18. The number of benzene rings is 2. The number of rotatable bonds is 7. The minimum Gasteiger partial charge on any atom is -0.388 e. The van der Waals surface area contributed by atoms with Crippen LogP contribution in [-0.2, 0) is 0 Å². The molecule has 2 aromatic carbocycles. The number of amides is 1. The van der Waals surface area contributed by atoms with Crippen molar-refractivity contribution < 1.29 is 9.90 Å². The normalized spacial score (nSPS) is 16.5. The van der Waals surface area contributed by atoms with Gasteiger partial charge in [0.1, 0.15) is 0 Å². The number of hydrogen-bond acceptors (Lipinski definition) is 3. The number of fused-ring (bicyclic) bond motifs is 1. The lowest BCUT2D eigenvalue weighted by molar-refractivity contribution is 0.0948. The number of carbonyl (C=O) groups excluding carboxylic acids is 1. The van der Waals surface area contributed by atoms with E-state index >= 15 is 0 Å². The first-order chi connectivity index (χ1) is 15.0. The van der Waals surface area contributed by atoms with E-state index in [2.05, 4.69) is 47.8 Å². The molecule has 0 fully saturated rings. The molecule has 0 spiro atoms. The number of hydrogen-bond donors (Lipinski definition) is 2. The van der Waals surface area contributed by atoms with E-state index < -0.39 is 6.10 Å². The van der Waals surface area contributed by atoms with E-state index in [1.807, 2.05) is 42.9 Å². The number of aliphatic hydroxyl groups is 1. The Bertz CT molecular complexity index is 1080. The lowest BCUT2D eigenvalue weighted by atomic mass is 9.91. The zero-order valence-corrected chi connectivity index (χ0v) is 18.2. The molecule has 2 unspecified atom stereocenters. The van der Waals surface area contributed by atoms with Gasteiger partial charge < -0.3 is 15.0 Å². The van der Waals surface area contributed by atoms with Crippen LogP contribution in [0.25, 0.3) is 11.1 Å². The lowest BCUT2D eigenvalue weighted by Gasteiger charge is -2.22. The molecule has 31 heavy (non-hydrogen) atoms. The molecule has 2 atom stereocenters. The highest BCUT2D eigenvalue weighted by atomic mass is 16.3. The summed E-state index contributed by atoms with van der Waals surface area (Å²) in [6.07, 6.45) is 3.60. The quantitative estimate of drug-likeness (QED) is 0.578. The van der Waals surface area contributed by atoms with Crippen molar-refractivity contribution in [3.63, 3.8) is 0 Å². The van der Waals surface area contributed by atoms with Crippen LogP contribution in [0.2, 0.25) is 0 Å². The van der Waals surface area contributed by atoms with Gasteiger partial charge in [-0.3, -0.25) is 4.79 Å². The first kappa shape index (κ1) is 21.1. The van der Waals surface area contributed by atoms with Gasteiger partial charge in [-0.15, -0.1) is 0 Å². The van der Waals surface area contributed by atoms with Crippen LogP contribution >= 0.6 is 0 Å². The molecule has 2 heterocycles. The van der Waals surface area contributed by atoms with Crippen LogP contribution in [-0.4, -0.2) is 27.1 Å². The van der Waals surface area contributed by atoms with Crippen LogP contribution in [0, 0.1) is 5.92 Å². The molecule has 0 bridgehead atoms. The van der Waals surface area contributed by atoms with Crippen molar-refractivity contribution in [1.82, 2.24) is 14.9 Å². The molecule has 5 nitrogen and oxygen atoms in total. The van der Waals surface area contributed by atoms with Crippen molar-refractivity contribution in [2.24, 2.45) is 5.92 Å². The molecule has 0 radical (unpaired) electrons. The standard InChI is InChI=1S/C26H29N3O2/c1-17(2)14-28-26(31)21-11-9-19(10-12-21)24(30)13-22-25(20-7-5-4-6-8-20)18(3)23-15-27-16-29(22)23/h4-12,15-17,22,24,30H,13-14H2,1-3H3,(H,28,31). The Kier molecular flexibility index (Phi) is 6.05. The van der Waals surface area contributed by atoms with Gasteiger partial charge in [0.2, 0.25) is 0 Å². The fraction of sp³-hybridized carbons (Fsp3) is 0.308. The second kappa shape index (κ2) is 8.90. The molecule has 0 saturated carbocycles. The Labute approximate surface area is 183 Å². The molecule has 1 aromatic heterocycles. The molecule has 0 aliphatic carbocycles. The third-order valence-electron chi connectivity index (χ3n) is 5.88. The number of nitrogens with one attached hydrogen (secondary N) is 1. The smallest absolute Gasteiger partial charge is 0.251 e. The van der Waals surface area contributed by atoms with Gasteiger partial charge in [-0.25, -0.2) is 4.98 Å². The van der Waals surface area contributed by atoms with Crippen molar-refractivity contribution >= 4 is 17.1 Å². The van der Waals surface area contributed by atoms with E-state index in [0.29, 0.717) is 24.4 Å². The molecule has 0 saturated heterocycles. The third kappa shape index (κ3) is 4.32. The maximum atomic E-state index is 12.3. The van der Waals surface area contributed by atoms with Gasteiger partial charge in [0, 0.05) is 18.5 Å². The molecule has 1 aliphatic rings. The number of carbonyl (C=O) groups is 1. The van der Waals surface area contributed by atoms with Crippen LogP contribution in [0.4, 0.5) is 0 Å². The van der Waals surface area contributed by atoms with Crippen LogP contribution in [0.3, 0.4) is 0 Å². The van der Waals surface area contributed by atoms with E-state index in [-0.39, 0.29) is 11.9 Å². The van der Waals surface area contributed by atoms with Crippen LogP contribution in [0.15, 0.2) is 67.1 Å². The number of aromatic nitrogens is 2. The average molecular weight is 416 g/mol. The lowest BCUT2D eigenvalue weighted by Crippen LogP contribution is -2.27. The molecule has 4 rings (SSSR count). The number of imidazole rings is 1. The zero-order chi connectivity index (χ0) is 22.0. The Morgan fingerprint density at radius 3 is 2.52 bits per heavy atom. The van der Waals surface area contributed by atoms with Gasteiger partial charge in [0.05, 0.1) is 30.4 Å². The SMILES string of the molecule is CC1=C(c2ccccc2)C(CC(O)c2ccc(C(=O)NCC(C)C)cc2)n2cncc21. The first-order valence-electron chi connectivity index (χ1n) is 10.8. The van der Waals surface area contributed by atoms with E-state index in [1.54, 1.807) is 12.1 Å². The van der Waals surface area contributed by atoms with Gasteiger partial charge in [-0.1, -0.05) is 56.3 Å². The summed E-state index contributed by atoms with van der Waals surface area (Å²) in [6.45, 7) is 6.89. The van der Waals surface area contributed by atoms with Gasteiger partial charge in [-0.2, -0.15) is 0 Å². The highest BCUT2D eigenvalue weighted by Crippen LogP contribution is 2.45. The second-order valence-electron chi connectivity index (χ2n) is 8.58. The number of allylic oxidation sites excluding steroid dienone is 2. The van der Waals surface area contributed by atoms with E-state index in [1.165, 1.54) is 11.1 Å². The molecular weight excluding hydrogens is 386 g/mol. The van der Waals surface area contributed by atoms with Crippen molar-refractivity contribution in [3.05, 3.63) is 89.5 Å². The topological polar surface area (TPSA) is 67.2 Å². The van der Waals surface area contributed by atoms with Crippen LogP contribution < -0.4 is 5.32 Å². The Balaban J connectivity index is 1.53. The summed E-state index contributed by atoms with van der Waals surface area (Å²) in [5.41, 5.74) is 6.08. The number of aliphatic hydroxyl groups excluding tert-OH is 1. The van der Waals surface area contributed by atoms with Crippen molar-refractivity contribution in [2.45, 2.75) is 39.3 Å². The summed E-state index contributed by atoms with van der Waals surface area (Å²) in [4.78, 5) is 16.6. The predicted molar refractivity (Wildman–Crippen MR) is 123 cm³/mol. The molecule has 1 aliphatic heterocycles. The summed E-state index contributed by atoms with van der Waals surface area (Å²) in [5, 5.41) is 14.0. The fourth-order valence-corrected chi connectivity index (χ4v) is 4.23. The molecule has 5 heteroatoms. The fourth-order valence-electron chi connectivity index (χ4n) is 4.23. The zero-order valence-electron chi connectivity index (χ0n) is 18.2. The second-order valence-corrected chi connectivity index (χ2v) is 8.58. The van der Waals surface area contributed by atoms with Crippen molar-refractivity contribution in [1.29, 1.82) is 0 Å². The van der Waals surface area contributed by atoms with E-state index in [0.717, 1.165) is 16.8 Å². The summed E-state index contributed by atoms with van der Waals surface area (Å²) in [5.74, 6) is 0.318. The highest BCUT2D eigenvalue weighted by molar-refractivity contribution is 5.94. The largest absolute Gasteiger partial charge is 0.388 e. The summed E-state index contributed by atoms with van der Waals surface area (Å²) in [7, 11) is 0. The van der Waals surface area contributed by atoms with Gasteiger partial charge in [-0.05, 0) is 47.2 Å². The van der Waals surface area contributed by atoms with Gasteiger partial charge in [0.15, 0.2) is 0 Å².